The minimum Gasteiger partial charge on any atom is -0.349 e. The fraction of sp³-hybridized carbons (Fsp3) is 0.0952. The molecule has 0 aromatic heterocycles. The van der Waals surface area contributed by atoms with E-state index in [-0.39, 0.29) is 23.5 Å². The predicted molar refractivity (Wildman–Crippen MR) is 116 cm³/mol. The maximum Gasteiger partial charge on any atom is 0.271 e. The SMILES string of the molecule is O=[N+]([O-])c1ccc(C2C3C(c4ccc(Br)cc4)=Nc4ccc([N+](=O)[O-])cc4N32)cc1. The fourth-order valence-electron chi connectivity index (χ4n) is 3.93. The van der Waals surface area contributed by atoms with Crippen molar-refractivity contribution in [1.29, 1.82) is 0 Å². The van der Waals surface area contributed by atoms with Crippen LogP contribution in [0.25, 0.3) is 0 Å². The zero-order chi connectivity index (χ0) is 21.0. The van der Waals surface area contributed by atoms with Crippen LogP contribution >= 0.6 is 15.9 Å². The minimum absolute atomic E-state index is 0.00383. The highest BCUT2D eigenvalue weighted by molar-refractivity contribution is 9.10. The maximum atomic E-state index is 11.3. The maximum absolute atomic E-state index is 11.3. The zero-order valence-electron chi connectivity index (χ0n) is 15.3. The van der Waals surface area contributed by atoms with Crippen LogP contribution in [0.1, 0.15) is 17.2 Å². The second kappa shape index (κ2) is 6.74. The first-order valence-corrected chi connectivity index (χ1v) is 9.89. The van der Waals surface area contributed by atoms with Gasteiger partial charge >= 0.3 is 0 Å². The van der Waals surface area contributed by atoms with Crippen molar-refractivity contribution in [3.05, 3.63) is 103 Å². The molecule has 0 amide bonds. The molecule has 3 aromatic carbocycles. The molecule has 1 fully saturated rings. The van der Waals surface area contributed by atoms with Crippen LogP contribution < -0.4 is 4.90 Å². The molecule has 2 atom stereocenters. The van der Waals surface area contributed by atoms with Crippen LogP contribution in [0.5, 0.6) is 0 Å². The van der Waals surface area contributed by atoms with E-state index in [0.29, 0.717) is 11.4 Å². The van der Waals surface area contributed by atoms with Crippen LogP contribution in [0.3, 0.4) is 0 Å². The van der Waals surface area contributed by atoms with E-state index in [0.717, 1.165) is 21.3 Å². The highest BCUT2D eigenvalue weighted by atomic mass is 79.9. The summed E-state index contributed by atoms with van der Waals surface area (Å²) in [4.78, 5) is 28.3. The number of nitrogens with zero attached hydrogens (tertiary/aromatic N) is 4. The lowest BCUT2D eigenvalue weighted by Crippen LogP contribution is -2.17. The van der Waals surface area contributed by atoms with Gasteiger partial charge in [0, 0.05) is 28.7 Å². The summed E-state index contributed by atoms with van der Waals surface area (Å²) in [6, 6.07) is 18.7. The molecule has 0 aliphatic carbocycles. The minimum atomic E-state index is -0.433. The van der Waals surface area contributed by atoms with Crippen molar-refractivity contribution in [2.45, 2.75) is 12.1 Å². The van der Waals surface area contributed by atoms with Crippen LogP contribution in [0, 0.1) is 20.2 Å². The molecule has 1 saturated heterocycles. The lowest BCUT2D eigenvalue weighted by molar-refractivity contribution is -0.385. The number of nitro benzene ring substituents is 2. The number of aliphatic imine (C=N–C) groups is 1. The molecule has 2 unspecified atom stereocenters. The summed E-state index contributed by atoms with van der Waals surface area (Å²) < 4.78 is 0.957. The van der Waals surface area contributed by atoms with Gasteiger partial charge in [-0.3, -0.25) is 20.2 Å². The Balaban J connectivity index is 1.61. The highest BCUT2D eigenvalue weighted by Crippen LogP contribution is 2.55. The van der Waals surface area contributed by atoms with Crippen molar-refractivity contribution in [1.82, 2.24) is 0 Å². The Hall–Kier alpha value is -3.59. The molecule has 30 heavy (non-hydrogen) atoms. The van der Waals surface area contributed by atoms with Crippen LogP contribution in [0.2, 0.25) is 0 Å². The van der Waals surface area contributed by atoms with Gasteiger partial charge < -0.3 is 4.90 Å². The number of benzene rings is 3. The average molecular weight is 465 g/mol. The third-order valence-corrected chi connectivity index (χ3v) is 5.89. The van der Waals surface area contributed by atoms with Crippen LogP contribution in [0.4, 0.5) is 22.7 Å². The molecule has 5 rings (SSSR count). The average Bonchev–Trinajstić information content (AvgIpc) is 3.49. The molecule has 2 heterocycles. The predicted octanol–water partition coefficient (Wildman–Crippen LogP) is 5.33. The van der Waals surface area contributed by atoms with Gasteiger partial charge in [0.2, 0.25) is 0 Å². The summed E-state index contributed by atoms with van der Waals surface area (Å²) in [5.41, 5.74) is 4.11. The summed E-state index contributed by atoms with van der Waals surface area (Å²) in [5, 5.41) is 22.2. The van der Waals surface area contributed by atoms with Crippen molar-refractivity contribution >= 4 is 44.4 Å². The molecular formula is C21H13BrN4O4. The number of hydrogen-bond donors (Lipinski definition) is 0. The molecule has 0 saturated carbocycles. The Bertz CT molecular complexity index is 1220. The second-order valence-corrected chi connectivity index (χ2v) is 8.00. The van der Waals surface area contributed by atoms with Crippen LogP contribution in [0.15, 0.2) is 76.2 Å². The molecule has 148 valence electrons. The molecule has 3 aromatic rings. The Kier molecular flexibility index (Phi) is 4.14. The third-order valence-electron chi connectivity index (χ3n) is 5.36. The lowest BCUT2D eigenvalue weighted by atomic mass is 10.0. The number of hydrogen-bond acceptors (Lipinski definition) is 6. The number of nitro groups is 2. The van der Waals surface area contributed by atoms with Crippen LogP contribution in [-0.2, 0) is 0 Å². The molecule has 0 N–H and O–H groups in total. The zero-order valence-corrected chi connectivity index (χ0v) is 16.9. The molecule has 0 radical (unpaired) electrons. The Morgan fingerprint density at radius 1 is 0.833 bits per heavy atom. The molecule has 0 bridgehead atoms. The van der Waals surface area contributed by atoms with E-state index < -0.39 is 9.85 Å². The molecule has 2 aliphatic rings. The first kappa shape index (κ1) is 18.4. The summed E-state index contributed by atoms with van der Waals surface area (Å²) in [6.45, 7) is 0. The van der Waals surface area contributed by atoms with Gasteiger partial charge in [0.15, 0.2) is 0 Å². The van der Waals surface area contributed by atoms with Crippen molar-refractivity contribution in [3.63, 3.8) is 0 Å². The monoisotopic (exact) mass is 464 g/mol. The largest absolute Gasteiger partial charge is 0.349 e. The topological polar surface area (TPSA) is 102 Å². The summed E-state index contributed by atoms with van der Waals surface area (Å²) in [6.07, 6.45) is 0. The molecular weight excluding hydrogens is 452 g/mol. The lowest BCUT2D eigenvalue weighted by Gasteiger charge is -2.17. The van der Waals surface area contributed by atoms with Crippen molar-refractivity contribution < 1.29 is 9.85 Å². The van der Waals surface area contributed by atoms with Gasteiger partial charge in [-0.2, -0.15) is 0 Å². The number of halogens is 1. The standard InChI is InChI=1S/C21H13BrN4O4/c22-14-5-1-12(2-6-14)19-21-20(13-3-7-15(8-4-13)25(27)28)24(21)18-11-16(26(29)30)9-10-17(18)23-19/h1-11,20-21H. The highest BCUT2D eigenvalue weighted by Gasteiger charge is 2.55. The van der Waals surface area contributed by atoms with E-state index in [2.05, 4.69) is 20.8 Å². The number of rotatable bonds is 4. The van der Waals surface area contributed by atoms with E-state index in [4.69, 9.17) is 4.99 Å². The number of fused-ring (bicyclic) bond motifs is 3. The Morgan fingerprint density at radius 3 is 2.10 bits per heavy atom. The quantitative estimate of drug-likeness (QED) is 0.295. The molecule has 0 spiro atoms. The Morgan fingerprint density at radius 2 is 1.47 bits per heavy atom. The summed E-state index contributed by atoms with van der Waals surface area (Å²) in [7, 11) is 0. The fourth-order valence-corrected chi connectivity index (χ4v) is 4.19. The smallest absolute Gasteiger partial charge is 0.271 e. The normalized spacial score (nSPS) is 18.8. The van der Waals surface area contributed by atoms with Gasteiger partial charge in [-0.05, 0) is 29.3 Å². The van der Waals surface area contributed by atoms with E-state index in [1.807, 2.05) is 24.3 Å². The van der Waals surface area contributed by atoms with Gasteiger partial charge in [-0.25, -0.2) is 4.99 Å². The Labute approximate surface area is 178 Å². The van der Waals surface area contributed by atoms with Gasteiger partial charge in [-0.1, -0.05) is 40.2 Å². The van der Waals surface area contributed by atoms with Crippen molar-refractivity contribution in [3.8, 4) is 0 Å². The van der Waals surface area contributed by atoms with E-state index in [9.17, 15) is 20.2 Å². The third kappa shape index (κ3) is 2.94. The molecule has 8 nitrogen and oxygen atoms in total. The van der Waals surface area contributed by atoms with Gasteiger partial charge in [0.05, 0.1) is 39.0 Å². The summed E-state index contributed by atoms with van der Waals surface area (Å²) >= 11 is 3.44. The van der Waals surface area contributed by atoms with Gasteiger partial charge in [0.1, 0.15) is 0 Å². The molecule has 2 aliphatic heterocycles. The molecule has 9 heteroatoms. The van der Waals surface area contributed by atoms with E-state index in [1.54, 1.807) is 18.2 Å². The first-order valence-electron chi connectivity index (χ1n) is 9.10. The number of non-ortho nitro benzene ring substituents is 2. The van der Waals surface area contributed by atoms with Gasteiger partial charge in [-0.15, -0.1) is 0 Å². The van der Waals surface area contributed by atoms with E-state index in [1.165, 1.54) is 24.3 Å². The van der Waals surface area contributed by atoms with Gasteiger partial charge in [0.25, 0.3) is 11.4 Å². The second-order valence-electron chi connectivity index (χ2n) is 7.08. The van der Waals surface area contributed by atoms with Crippen molar-refractivity contribution in [2.75, 3.05) is 4.90 Å². The van der Waals surface area contributed by atoms with Crippen molar-refractivity contribution in [2.24, 2.45) is 4.99 Å². The number of anilines is 1. The van der Waals surface area contributed by atoms with E-state index >= 15 is 0 Å². The summed E-state index contributed by atoms with van der Waals surface area (Å²) in [5.74, 6) is 0. The first-order chi connectivity index (χ1) is 14.4. The van der Waals surface area contributed by atoms with Crippen LogP contribution in [-0.4, -0.2) is 21.6 Å².